The summed E-state index contributed by atoms with van der Waals surface area (Å²) in [6.07, 6.45) is 4.58. The zero-order valence-electron chi connectivity index (χ0n) is 13.3. The first-order valence-corrected chi connectivity index (χ1v) is 7.43. The Morgan fingerprint density at radius 1 is 1.17 bits per heavy atom. The average Bonchev–Trinajstić information content (AvgIpc) is 2.55. The molecule has 0 aliphatic rings. The predicted octanol–water partition coefficient (Wildman–Crippen LogP) is 3.58. The maximum Gasteiger partial charge on any atom is 0.280 e. The van der Waals surface area contributed by atoms with Crippen LogP contribution in [0.5, 0.6) is 5.75 Å². The lowest BCUT2D eigenvalue weighted by molar-refractivity contribution is -0.127. The van der Waals surface area contributed by atoms with Crippen LogP contribution in [0.3, 0.4) is 0 Å². The zero-order valence-corrected chi connectivity index (χ0v) is 13.3. The highest BCUT2D eigenvalue weighted by Gasteiger charge is 2.13. The maximum atomic E-state index is 11.9. The van der Waals surface area contributed by atoms with E-state index in [0.717, 1.165) is 11.1 Å². The second kappa shape index (κ2) is 8.54. The van der Waals surface area contributed by atoms with Gasteiger partial charge in [-0.1, -0.05) is 48.5 Å². The number of nitrogens with one attached hydrogen (secondary N) is 1. The van der Waals surface area contributed by atoms with Crippen LogP contribution < -0.4 is 10.2 Å². The van der Waals surface area contributed by atoms with Crippen molar-refractivity contribution in [3.05, 3.63) is 71.8 Å². The molecule has 0 heterocycles. The Kier molecular flexibility index (Phi) is 6.12. The van der Waals surface area contributed by atoms with Gasteiger partial charge in [-0.05, 0) is 43.2 Å². The van der Waals surface area contributed by atoms with Crippen molar-refractivity contribution in [1.29, 1.82) is 0 Å². The summed E-state index contributed by atoms with van der Waals surface area (Å²) in [6, 6.07) is 17.4. The molecule has 0 radical (unpaired) electrons. The molecule has 0 spiro atoms. The monoisotopic (exact) mass is 308 g/mol. The lowest BCUT2D eigenvalue weighted by atomic mass is 10.2. The molecule has 2 rings (SSSR count). The van der Waals surface area contributed by atoms with E-state index in [1.165, 1.54) is 6.21 Å². The summed E-state index contributed by atoms with van der Waals surface area (Å²) in [7, 11) is 0. The predicted molar refractivity (Wildman–Crippen MR) is 93.4 cm³/mol. The van der Waals surface area contributed by atoms with Gasteiger partial charge in [-0.2, -0.15) is 5.10 Å². The lowest BCUT2D eigenvalue weighted by Gasteiger charge is -2.13. The minimum absolute atomic E-state index is 0.295. The smallest absolute Gasteiger partial charge is 0.280 e. The van der Waals surface area contributed by atoms with Crippen LogP contribution in [0.2, 0.25) is 0 Å². The third kappa shape index (κ3) is 5.79. The highest BCUT2D eigenvalue weighted by Crippen LogP contribution is 2.14. The second-order valence-corrected chi connectivity index (χ2v) is 5.10. The van der Waals surface area contributed by atoms with E-state index in [9.17, 15) is 4.79 Å². The largest absolute Gasteiger partial charge is 0.481 e. The molecule has 0 aliphatic heterocycles. The van der Waals surface area contributed by atoms with Crippen molar-refractivity contribution in [3.8, 4) is 5.75 Å². The fourth-order valence-corrected chi connectivity index (χ4v) is 1.90. The van der Waals surface area contributed by atoms with Gasteiger partial charge < -0.3 is 4.74 Å². The molecule has 0 unspecified atom stereocenters. The van der Waals surface area contributed by atoms with Crippen molar-refractivity contribution in [2.24, 2.45) is 5.10 Å². The number of carbonyl (C=O) groups is 1. The molecule has 1 N–H and O–H groups in total. The quantitative estimate of drug-likeness (QED) is 0.655. The number of carbonyl (C=O) groups excluding carboxylic acids is 1. The molecule has 4 nitrogen and oxygen atoms in total. The van der Waals surface area contributed by atoms with Gasteiger partial charge in [-0.25, -0.2) is 5.43 Å². The number of benzene rings is 2. The van der Waals surface area contributed by atoms with Gasteiger partial charge >= 0.3 is 0 Å². The summed E-state index contributed by atoms with van der Waals surface area (Å²) in [5.41, 5.74) is 4.61. The SMILES string of the molecule is Cc1cccc(O[C@@H](C)C(=O)NN=CC=Cc2ccccc2)c1. The van der Waals surface area contributed by atoms with E-state index in [0.29, 0.717) is 5.75 Å². The summed E-state index contributed by atoms with van der Waals surface area (Å²) in [5.74, 6) is 0.372. The van der Waals surface area contributed by atoms with Crippen molar-refractivity contribution in [2.75, 3.05) is 0 Å². The van der Waals surface area contributed by atoms with Crippen LogP contribution in [0, 0.1) is 6.92 Å². The Hall–Kier alpha value is -2.88. The molecule has 0 fully saturated rings. The number of aryl methyl sites for hydroxylation is 1. The fraction of sp³-hybridized carbons (Fsp3) is 0.158. The fourth-order valence-electron chi connectivity index (χ4n) is 1.90. The molecule has 1 atom stereocenters. The lowest BCUT2D eigenvalue weighted by Crippen LogP contribution is -2.33. The third-order valence-corrected chi connectivity index (χ3v) is 3.10. The molecule has 118 valence electrons. The van der Waals surface area contributed by atoms with Crippen LogP contribution in [0.4, 0.5) is 0 Å². The van der Waals surface area contributed by atoms with Gasteiger partial charge in [0, 0.05) is 6.21 Å². The van der Waals surface area contributed by atoms with Gasteiger partial charge in [-0.3, -0.25) is 4.79 Å². The molecule has 0 saturated carbocycles. The van der Waals surface area contributed by atoms with Crippen molar-refractivity contribution < 1.29 is 9.53 Å². The number of ether oxygens (including phenoxy) is 1. The van der Waals surface area contributed by atoms with E-state index < -0.39 is 6.10 Å². The van der Waals surface area contributed by atoms with E-state index in [-0.39, 0.29) is 5.91 Å². The highest BCUT2D eigenvalue weighted by molar-refractivity contribution is 5.83. The minimum atomic E-state index is -0.618. The number of allylic oxidation sites excluding steroid dienone is 1. The Morgan fingerprint density at radius 2 is 1.96 bits per heavy atom. The first-order chi connectivity index (χ1) is 11.1. The first-order valence-electron chi connectivity index (χ1n) is 7.43. The first kappa shape index (κ1) is 16.5. The Bertz CT molecular complexity index is 694. The summed E-state index contributed by atoms with van der Waals surface area (Å²) < 4.78 is 5.58. The van der Waals surface area contributed by atoms with Crippen molar-refractivity contribution in [3.63, 3.8) is 0 Å². The van der Waals surface area contributed by atoms with Crippen LogP contribution in [-0.2, 0) is 4.79 Å². The maximum absolute atomic E-state index is 11.9. The number of rotatable bonds is 6. The zero-order chi connectivity index (χ0) is 16.5. The topological polar surface area (TPSA) is 50.7 Å². The number of amides is 1. The second-order valence-electron chi connectivity index (χ2n) is 5.10. The van der Waals surface area contributed by atoms with E-state index in [2.05, 4.69) is 10.5 Å². The van der Waals surface area contributed by atoms with Crippen LogP contribution in [0.15, 0.2) is 65.8 Å². The normalized spacial score (nSPS) is 12.4. The van der Waals surface area contributed by atoms with Gasteiger partial charge in [0.15, 0.2) is 6.10 Å². The minimum Gasteiger partial charge on any atom is -0.481 e. The number of hydrazone groups is 1. The van der Waals surface area contributed by atoms with Crippen LogP contribution in [0.1, 0.15) is 18.1 Å². The third-order valence-electron chi connectivity index (χ3n) is 3.10. The van der Waals surface area contributed by atoms with Crippen molar-refractivity contribution >= 4 is 18.2 Å². The Morgan fingerprint density at radius 3 is 2.70 bits per heavy atom. The Labute approximate surface area is 136 Å². The molecule has 0 aliphatic carbocycles. The van der Waals surface area contributed by atoms with Gasteiger partial charge in [-0.15, -0.1) is 0 Å². The summed E-state index contributed by atoms with van der Waals surface area (Å²) in [4.78, 5) is 11.9. The van der Waals surface area contributed by atoms with E-state index in [4.69, 9.17) is 4.74 Å². The molecular weight excluding hydrogens is 288 g/mol. The number of hydrogen-bond donors (Lipinski definition) is 1. The molecule has 4 heteroatoms. The highest BCUT2D eigenvalue weighted by atomic mass is 16.5. The van der Waals surface area contributed by atoms with Crippen LogP contribution in [0.25, 0.3) is 6.08 Å². The van der Waals surface area contributed by atoms with Gasteiger partial charge in [0.1, 0.15) is 5.75 Å². The molecular formula is C19H20N2O2. The van der Waals surface area contributed by atoms with E-state index in [1.54, 1.807) is 13.0 Å². The van der Waals surface area contributed by atoms with Gasteiger partial charge in [0.05, 0.1) is 0 Å². The summed E-state index contributed by atoms with van der Waals surface area (Å²) >= 11 is 0. The van der Waals surface area contributed by atoms with Crippen LogP contribution in [-0.4, -0.2) is 18.2 Å². The van der Waals surface area contributed by atoms with Gasteiger partial charge in [0.2, 0.25) is 0 Å². The summed E-state index contributed by atoms with van der Waals surface area (Å²) in [6.45, 7) is 3.66. The Balaban J connectivity index is 1.79. The average molecular weight is 308 g/mol. The van der Waals surface area contributed by atoms with Crippen molar-refractivity contribution in [1.82, 2.24) is 5.43 Å². The molecule has 0 aromatic heterocycles. The molecule has 2 aromatic carbocycles. The molecule has 0 bridgehead atoms. The van der Waals surface area contributed by atoms with Gasteiger partial charge in [0.25, 0.3) is 5.91 Å². The summed E-state index contributed by atoms with van der Waals surface area (Å²) in [5, 5.41) is 3.88. The molecule has 2 aromatic rings. The van der Waals surface area contributed by atoms with E-state index >= 15 is 0 Å². The number of hydrogen-bond acceptors (Lipinski definition) is 3. The standard InChI is InChI=1S/C19H20N2O2/c1-15-8-6-12-18(14-15)23-16(2)19(22)21-20-13-7-11-17-9-4-3-5-10-17/h3-14,16H,1-2H3,(H,21,22)/t16-/m0/s1. The number of nitrogens with zero attached hydrogens (tertiary/aromatic N) is 1. The molecule has 1 amide bonds. The van der Waals surface area contributed by atoms with E-state index in [1.807, 2.05) is 67.6 Å². The molecule has 0 saturated heterocycles. The van der Waals surface area contributed by atoms with Crippen LogP contribution >= 0.6 is 0 Å². The van der Waals surface area contributed by atoms with Crippen molar-refractivity contribution in [2.45, 2.75) is 20.0 Å². The molecule has 23 heavy (non-hydrogen) atoms.